The van der Waals surface area contributed by atoms with Crippen LogP contribution >= 0.6 is 22.6 Å². The quantitative estimate of drug-likeness (QED) is 0.487. The summed E-state index contributed by atoms with van der Waals surface area (Å²) in [5.41, 5.74) is 0.667. The summed E-state index contributed by atoms with van der Waals surface area (Å²) in [6.07, 6.45) is 0. The molecule has 1 rings (SSSR count). The van der Waals surface area contributed by atoms with Crippen molar-refractivity contribution in [3.05, 3.63) is 31.9 Å². The lowest BCUT2D eigenvalue weighted by molar-refractivity contribution is -0.384. The zero-order chi connectivity index (χ0) is 12.8. The normalized spacial score (nSPS) is 12.2. The summed E-state index contributed by atoms with van der Waals surface area (Å²) in [6, 6.07) is 5.14. The van der Waals surface area contributed by atoms with Crippen molar-refractivity contribution in [3.8, 4) is 0 Å². The van der Waals surface area contributed by atoms with Gasteiger partial charge in [-0.2, -0.15) is 0 Å². The third-order valence-electron chi connectivity index (χ3n) is 2.25. The van der Waals surface area contributed by atoms with E-state index in [9.17, 15) is 10.1 Å². The number of nitrogens with zero attached hydrogens (tertiary/aromatic N) is 1. The van der Waals surface area contributed by atoms with Crippen molar-refractivity contribution in [1.29, 1.82) is 0 Å². The molecule has 0 aliphatic heterocycles. The highest BCUT2D eigenvalue weighted by Crippen LogP contribution is 2.26. The molecule has 0 spiro atoms. The molecule has 1 unspecified atom stereocenters. The van der Waals surface area contributed by atoms with Crippen LogP contribution in [0.3, 0.4) is 0 Å². The molecule has 1 atom stereocenters. The van der Waals surface area contributed by atoms with Crippen LogP contribution in [0.5, 0.6) is 0 Å². The lowest BCUT2D eigenvalue weighted by Crippen LogP contribution is -2.16. The van der Waals surface area contributed by atoms with E-state index in [1.165, 1.54) is 0 Å². The molecule has 0 bridgehead atoms. The molecule has 17 heavy (non-hydrogen) atoms. The van der Waals surface area contributed by atoms with Crippen molar-refractivity contribution in [1.82, 2.24) is 0 Å². The molecule has 0 saturated carbocycles. The van der Waals surface area contributed by atoms with Crippen molar-refractivity contribution < 1.29 is 9.66 Å². The fourth-order valence-corrected chi connectivity index (χ4v) is 1.91. The highest BCUT2D eigenvalue weighted by molar-refractivity contribution is 14.1. The minimum Gasteiger partial charge on any atom is -0.384 e. The summed E-state index contributed by atoms with van der Waals surface area (Å²) in [5.74, 6) is 0.305. The van der Waals surface area contributed by atoms with E-state index >= 15 is 0 Å². The first kappa shape index (κ1) is 14.2. The zero-order valence-corrected chi connectivity index (χ0v) is 11.9. The average Bonchev–Trinajstić information content (AvgIpc) is 2.27. The molecule has 0 radical (unpaired) electrons. The van der Waals surface area contributed by atoms with Gasteiger partial charge in [-0.25, -0.2) is 0 Å². The maximum absolute atomic E-state index is 10.9. The fraction of sp³-hybridized carbons (Fsp3) is 0.455. The van der Waals surface area contributed by atoms with Crippen LogP contribution in [0.25, 0.3) is 0 Å². The van der Waals surface area contributed by atoms with Crippen molar-refractivity contribution in [2.45, 2.75) is 6.92 Å². The van der Waals surface area contributed by atoms with Gasteiger partial charge in [0.1, 0.15) is 5.69 Å². The number of nitro benzene ring substituents is 1. The van der Waals surface area contributed by atoms with Crippen molar-refractivity contribution >= 4 is 34.0 Å². The summed E-state index contributed by atoms with van der Waals surface area (Å²) in [5, 5.41) is 14.0. The fourth-order valence-electron chi connectivity index (χ4n) is 1.43. The van der Waals surface area contributed by atoms with E-state index in [1.807, 2.05) is 13.0 Å². The third kappa shape index (κ3) is 4.47. The number of hydrogen-bond donors (Lipinski definition) is 1. The smallest absolute Gasteiger partial charge is 0.293 e. The van der Waals surface area contributed by atoms with Crippen LogP contribution in [-0.2, 0) is 4.74 Å². The van der Waals surface area contributed by atoms with Crippen LogP contribution in [0, 0.1) is 19.6 Å². The van der Waals surface area contributed by atoms with Crippen LogP contribution in [0.1, 0.15) is 6.92 Å². The summed E-state index contributed by atoms with van der Waals surface area (Å²) >= 11 is 2.06. The summed E-state index contributed by atoms with van der Waals surface area (Å²) < 4.78 is 5.87. The number of anilines is 1. The largest absolute Gasteiger partial charge is 0.384 e. The van der Waals surface area contributed by atoms with Crippen LogP contribution < -0.4 is 5.32 Å². The SMILES string of the molecule is COCC(C)CNc1ccc(I)cc1[N+](=O)[O-]. The van der Waals surface area contributed by atoms with Gasteiger partial charge in [-0.3, -0.25) is 10.1 Å². The Morgan fingerprint density at radius 3 is 2.88 bits per heavy atom. The Kier molecular flexibility index (Phi) is 5.63. The first-order valence-electron chi connectivity index (χ1n) is 5.21. The Bertz CT molecular complexity index is 398. The molecule has 0 aliphatic rings. The Labute approximate surface area is 114 Å². The van der Waals surface area contributed by atoms with Crippen LogP contribution in [0.2, 0.25) is 0 Å². The number of ether oxygens (including phenoxy) is 1. The molecular formula is C11H15IN2O3. The zero-order valence-electron chi connectivity index (χ0n) is 9.77. The predicted octanol–water partition coefficient (Wildman–Crippen LogP) is 2.89. The monoisotopic (exact) mass is 350 g/mol. The second kappa shape index (κ2) is 6.75. The molecule has 1 N–H and O–H groups in total. The molecule has 5 nitrogen and oxygen atoms in total. The van der Waals surface area contributed by atoms with Gasteiger partial charge in [0.2, 0.25) is 0 Å². The van der Waals surface area contributed by atoms with Crippen LogP contribution in [-0.4, -0.2) is 25.2 Å². The predicted molar refractivity (Wildman–Crippen MR) is 75.3 cm³/mol. The molecule has 6 heteroatoms. The minimum atomic E-state index is -0.370. The molecular weight excluding hydrogens is 335 g/mol. The van der Waals surface area contributed by atoms with E-state index < -0.39 is 0 Å². The highest BCUT2D eigenvalue weighted by Gasteiger charge is 2.14. The second-order valence-corrected chi connectivity index (χ2v) is 5.11. The van der Waals surface area contributed by atoms with E-state index in [4.69, 9.17) is 4.74 Å². The molecule has 0 aromatic heterocycles. The number of halogens is 1. The molecule has 0 saturated heterocycles. The van der Waals surface area contributed by atoms with Crippen molar-refractivity contribution in [2.75, 3.05) is 25.6 Å². The second-order valence-electron chi connectivity index (χ2n) is 3.86. The summed E-state index contributed by atoms with van der Waals surface area (Å²) in [6.45, 7) is 3.30. The molecule has 0 heterocycles. The van der Waals surface area contributed by atoms with Crippen LogP contribution in [0.15, 0.2) is 18.2 Å². The van der Waals surface area contributed by atoms with Gasteiger partial charge in [-0.15, -0.1) is 0 Å². The Balaban J connectivity index is 2.73. The maximum atomic E-state index is 10.9. The first-order valence-corrected chi connectivity index (χ1v) is 6.29. The third-order valence-corrected chi connectivity index (χ3v) is 2.92. The summed E-state index contributed by atoms with van der Waals surface area (Å²) in [7, 11) is 1.64. The Morgan fingerprint density at radius 1 is 1.59 bits per heavy atom. The number of hydrogen-bond acceptors (Lipinski definition) is 4. The van der Waals surface area contributed by atoms with E-state index in [-0.39, 0.29) is 10.6 Å². The van der Waals surface area contributed by atoms with Gasteiger partial charge < -0.3 is 10.1 Å². The van der Waals surface area contributed by atoms with E-state index in [0.717, 1.165) is 3.57 Å². The minimum absolute atomic E-state index is 0.113. The molecule has 1 aromatic rings. The van der Waals surface area contributed by atoms with Gasteiger partial charge in [0.25, 0.3) is 5.69 Å². The topological polar surface area (TPSA) is 64.4 Å². The average molecular weight is 350 g/mol. The van der Waals surface area contributed by atoms with Crippen molar-refractivity contribution in [2.24, 2.45) is 5.92 Å². The lowest BCUT2D eigenvalue weighted by Gasteiger charge is -2.12. The number of nitrogens with one attached hydrogen (secondary N) is 1. The maximum Gasteiger partial charge on any atom is 0.293 e. The Hall–Kier alpha value is -0.890. The van der Waals surface area contributed by atoms with Gasteiger partial charge in [0.05, 0.1) is 11.5 Å². The van der Waals surface area contributed by atoms with E-state index in [0.29, 0.717) is 24.8 Å². The number of nitro groups is 1. The molecule has 0 aliphatic carbocycles. The number of benzene rings is 1. The molecule has 94 valence electrons. The standard InChI is InChI=1S/C11H15IN2O3/c1-8(7-17-2)6-13-10-4-3-9(12)5-11(10)14(15)16/h3-5,8,13H,6-7H2,1-2H3. The Morgan fingerprint density at radius 2 is 2.29 bits per heavy atom. The van der Waals surface area contributed by atoms with Crippen molar-refractivity contribution in [3.63, 3.8) is 0 Å². The number of methoxy groups -OCH3 is 1. The first-order chi connectivity index (χ1) is 8.04. The van der Waals surface area contributed by atoms with Gasteiger partial charge >= 0.3 is 0 Å². The molecule has 0 fully saturated rings. The van der Waals surface area contributed by atoms with Gasteiger partial charge in [0, 0.05) is 23.3 Å². The number of rotatable bonds is 6. The van der Waals surface area contributed by atoms with Gasteiger partial charge in [0.15, 0.2) is 0 Å². The van der Waals surface area contributed by atoms with Gasteiger partial charge in [-0.05, 0) is 40.6 Å². The lowest BCUT2D eigenvalue weighted by atomic mass is 10.2. The van der Waals surface area contributed by atoms with Gasteiger partial charge in [-0.1, -0.05) is 6.92 Å². The molecule has 0 amide bonds. The van der Waals surface area contributed by atoms with E-state index in [2.05, 4.69) is 27.9 Å². The van der Waals surface area contributed by atoms with Crippen LogP contribution in [0.4, 0.5) is 11.4 Å². The highest BCUT2D eigenvalue weighted by atomic mass is 127. The van der Waals surface area contributed by atoms with E-state index in [1.54, 1.807) is 19.2 Å². The summed E-state index contributed by atoms with van der Waals surface area (Å²) in [4.78, 5) is 10.5. The molecule has 1 aromatic carbocycles.